The number of nitriles is 1. The molecule has 20 heavy (non-hydrogen) atoms. The van der Waals surface area contributed by atoms with Gasteiger partial charge in [0, 0.05) is 35.0 Å². The van der Waals surface area contributed by atoms with Gasteiger partial charge in [-0.1, -0.05) is 12.1 Å². The van der Waals surface area contributed by atoms with Crippen LogP contribution in [0.4, 0.5) is 5.69 Å². The van der Waals surface area contributed by atoms with Crippen molar-refractivity contribution in [2.75, 3.05) is 0 Å². The molecule has 1 N–H and O–H groups in total. The van der Waals surface area contributed by atoms with Crippen LogP contribution in [-0.2, 0) is 13.1 Å². The summed E-state index contributed by atoms with van der Waals surface area (Å²) in [5, 5.41) is 24.7. The van der Waals surface area contributed by atoms with Crippen LogP contribution >= 0.6 is 11.3 Å². The standard InChI is InChI=1S/C14H13N3O2S/c1-10-12(3-2-4-14(10)17(18)19)7-16-8-13-5-11(6-15)9-20-13/h2-5,9,16H,7-8H2,1H3. The van der Waals surface area contributed by atoms with Gasteiger partial charge < -0.3 is 5.32 Å². The van der Waals surface area contributed by atoms with E-state index in [0.29, 0.717) is 24.2 Å². The number of nitro groups is 1. The van der Waals surface area contributed by atoms with Gasteiger partial charge in [0.05, 0.1) is 10.5 Å². The molecule has 1 aromatic carbocycles. The highest BCUT2D eigenvalue weighted by molar-refractivity contribution is 7.10. The van der Waals surface area contributed by atoms with E-state index < -0.39 is 0 Å². The van der Waals surface area contributed by atoms with E-state index in [-0.39, 0.29) is 10.6 Å². The van der Waals surface area contributed by atoms with E-state index in [1.54, 1.807) is 13.0 Å². The lowest BCUT2D eigenvalue weighted by Gasteiger charge is -2.07. The van der Waals surface area contributed by atoms with Gasteiger partial charge in [-0.25, -0.2) is 0 Å². The summed E-state index contributed by atoms with van der Waals surface area (Å²) in [4.78, 5) is 11.6. The molecular formula is C14H13N3O2S. The normalized spacial score (nSPS) is 10.2. The summed E-state index contributed by atoms with van der Waals surface area (Å²) in [6.45, 7) is 2.97. The Balaban J connectivity index is 1.99. The maximum absolute atomic E-state index is 10.9. The molecule has 0 fully saturated rings. The van der Waals surface area contributed by atoms with Gasteiger partial charge in [0.15, 0.2) is 0 Å². The maximum atomic E-state index is 10.9. The molecule has 0 atom stereocenters. The van der Waals surface area contributed by atoms with Crippen molar-refractivity contribution in [1.29, 1.82) is 5.26 Å². The predicted molar refractivity (Wildman–Crippen MR) is 77.4 cm³/mol. The van der Waals surface area contributed by atoms with Crippen LogP contribution in [0.2, 0.25) is 0 Å². The highest BCUT2D eigenvalue weighted by Gasteiger charge is 2.12. The molecule has 0 radical (unpaired) electrons. The van der Waals surface area contributed by atoms with Crippen LogP contribution in [0.1, 0.15) is 21.6 Å². The van der Waals surface area contributed by atoms with Crippen molar-refractivity contribution in [1.82, 2.24) is 5.32 Å². The zero-order valence-corrected chi connectivity index (χ0v) is 11.7. The van der Waals surface area contributed by atoms with Gasteiger partial charge in [0.25, 0.3) is 5.69 Å². The maximum Gasteiger partial charge on any atom is 0.272 e. The van der Waals surface area contributed by atoms with Gasteiger partial charge >= 0.3 is 0 Å². The predicted octanol–water partition coefficient (Wildman–Crippen LogP) is 3.13. The number of hydrogen-bond acceptors (Lipinski definition) is 5. The van der Waals surface area contributed by atoms with E-state index in [1.165, 1.54) is 17.4 Å². The van der Waals surface area contributed by atoms with Crippen LogP contribution in [0.15, 0.2) is 29.6 Å². The number of rotatable bonds is 5. The van der Waals surface area contributed by atoms with Gasteiger partial charge in [-0.2, -0.15) is 5.26 Å². The van der Waals surface area contributed by atoms with Crippen LogP contribution in [0, 0.1) is 28.4 Å². The summed E-state index contributed by atoms with van der Waals surface area (Å²) in [6, 6.07) is 9.02. The molecule has 0 saturated heterocycles. The molecule has 0 bridgehead atoms. The lowest BCUT2D eigenvalue weighted by atomic mass is 10.1. The molecule has 0 unspecified atom stereocenters. The second-order valence-corrected chi connectivity index (χ2v) is 5.33. The molecule has 1 heterocycles. The summed E-state index contributed by atoms with van der Waals surface area (Å²) in [5.74, 6) is 0. The molecule has 102 valence electrons. The van der Waals surface area contributed by atoms with Crippen LogP contribution < -0.4 is 5.32 Å². The van der Waals surface area contributed by atoms with Gasteiger partial charge in [0.1, 0.15) is 6.07 Å². The molecule has 0 spiro atoms. The fourth-order valence-electron chi connectivity index (χ4n) is 1.91. The zero-order valence-electron chi connectivity index (χ0n) is 10.9. The van der Waals surface area contributed by atoms with Crippen molar-refractivity contribution in [3.8, 4) is 6.07 Å². The fraction of sp³-hybridized carbons (Fsp3) is 0.214. The molecule has 2 rings (SSSR count). The Morgan fingerprint density at radius 3 is 2.90 bits per heavy atom. The SMILES string of the molecule is Cc1c(CNCc2cc(C#N)cs2)cccc1[N+](=O)[O-]. The number of benzene rings is 1. The molecule has 6 heteroatoms. The summed E-state index contributed by atoms with van der Waals surface area (Å²) in [6.07, 6.45) is 0. The molecule has 0 amide bonds. The highest BCUT2D eigenvalue weighted by Crippen LogP contribution is 2.21. The van der Waals surface area contributed by atoms with Gasteiger partial charge in [0.2, 0.25) is 0 Å². The van der Waals surface area contributed by atoms with Gasteiger partial charge in [-0.05, 0) is 18.6 Å². The Labute approximate surface area is 120 Å². The van der Waals surface area contributed by atoms with Gasteiger partial charge in [-0.15, -0.1) is 11.3 Å². The van der Waals surface area contributed by atoms with E-state index in [1.807, 2.05) is 17.5 Å². The summed E-state index contributed by atoms with van der Waals surface area (Å²) in [5.41, 5.74) is 2.41. The van der Waals surface area contributed by atoms with E-state index in [2.05, 4.69) is 11.4 Å². The molecule has 0 aliphatic rings. The largest absolute Gasteiger partial charge is 0.308 e. The number of nitro benzene ring substituents is 1. The second-order valence-electron chi connectivity index (χ2n) is 4.34. The molecule has 0 aliphatic carbocycles. The molecule has 1 aromatic heterocycles. The summed E-state index contributed by atoms with van der Waals surface area (Å²) in [7, 11) is 0. The van der Waals surface area contributed by atoms with Gasteiger partial charge in [-0.3, -0.25) is 10.1 Å². The third-order valence-electron chi connectivity index (χ3n) is 3.01. The number of thiophene rings is 1. The fourth-order valence-corrected chi connectivity index (χ4v) is 2.69. The molecule has 0 aliphatic heterocycles. The quantitative estimate of drug-likeness (QED) is 0.677. The summed E-state index contributed by atoms with van der Waals surface area (Å²) >= 11 is 1.53. The topological polar surface area (TPSA) is 79.0 Å². The van der Waals surface area contributed by atoms with Crippen molar-refractivity contribution in [2.24, 2.45) is 0 Å². The van der Waals surface area contributed by atoms with E-state index in [4.69, 9.17) is 5.26 Å². The zero-order chi connectivity index (χ0) is 14.5. The van der Waals surface area contributed by atoms with Crippen LogP contribution in [0.25, 0.3) is 0 Å². The first-order chi connectivity index (χ1) is 9.61. The first-order valence-electron chi connectivity index (χ1n) is 6.03. The first kappa shape index (κ1) is 14.2. The second kappa shape index (κ2) is 6.28. The van der Waals surface area contributed by atoms with Crippen LogP contribution in [-0.4, -0.2) is 4.92 Å². The minimum atomic E-state index is -0.364. The summed E-state index contributed by atoms with van der Waals surface area (Å²) < 4.78 is 0. The first-order valence-corrected chi connectivity index (χ1v) is 6.91. The molecule has 2 aromatic rings. The number of nitrogens with zero attached hydrogens (tertiary/aromatic N) is 2. The van der Waals surface area contributed by atoms with E-state index in [9.17, 15) is 10.1 Å². The Morgan fingerprint density at radius 2 is 2.25 bits per heavy atom. The number of nitrogens with one attached hydrogen (secondary N) is 1. The third-order valence-corrected chi connectivity index (χ3v) is 3.95. The molecule has 5 nitrogen and oxygen atoms in total. The van der Waals surface area contributed by atoms with E-state index in [0.717, 1.165) is 10.4 Å². The lowest BCUT2D eigenvalue weighted by Crippen LogP contribution is -2.13. The van der Waals surface area contributed by atoms with Crippen molar-refractivity contribution in [3.63, 3.8) is 0 Å². The van der Waals surface area contributed by atoms with Crippen LogP contribution in [0.3, 0.4) is 0 Å². The molecular weight excluding hydrogens is 274 g/mol. The Kier molecular flexibility index (Phi) is 4.45. The Morgan fingerprint density at radius 1 is 1.45 bits per heavy atom. The monoisotopic (exact) mass is 287 g/mol. The third kappa shape index (κ3) is 3.20. The Hall–Kier alpha value is -2.23. The van der Waals surface area contributed by atoms with Crippen molar-refractivity contribution >= 4 is 17.0 Å². The van der Waals surface area contributed by atoms with Crippen LogP contribution in [0.5, 0.6) is 0 Å². The average Bonchev–Trinajstić information content (AvgIpc) is 2.88. The van der Waals surface area contributed by atoms with Crippen molar-refractivity contribution in [3.05, 3.63) is 61.3 Å². The lowest BCUT2D eigenvalue weighted by molar-refractivity contribution is -0.385. The highest BCUT2D eigenvalue weighted by atomic mass is 32.1. The van der Waals surface area contributed by atoms with E-state index >= 15 is 0 Å². The Bertz CT molecular complexity index is 673. The number of hydrogen-bond donors (Lipinski definition) is 1. The van der Waals surface area contributed by atoms with Crippen molar-refractivity contribution < 1.29 is 4.92 Å². The smallest absolute Gasteiger partial charge is 0.272 e. The van der Waals surface area contributed by atoms with Crippen molar-refractivity contribution in [2.45, 2.75) is 20.0 Å². The average molecular weight is 287 g/mol. The molecule has 0 saturated carbocycles. The minimum absolute atomic E-state index is 0.146. The minimum Gasteiger partial charge on any atom is -0.308 e.